The monoisotopic (exact) mass is 391 g/mol. The third-order valence-corrected chi connectivity index (χ3v) is 5.13. The number of pyridine rings is 1. The highest BCUT2D eigenvalue weighted by molar-refractivity contribution is 6.05. The molecule has 1 aromatic carbocycles. The van der Waals surface area contributed by atoms with Gasteiger partial charge in [0.25, 0.3) is 5.91 Å². The molecule has 1 fully saturated rings. The molecule has 0 bridgehead atoms. The second-order valence-corrected chi connectivity index (χ2v) is 6.83. The van der Waals surface area contributed by atoms with Crippen molar-refractivity contribution in [2.75, 3.05) is 12.8 Å². The first-order chi connectivity index (χ1) is 13.9. The van der Waals surface area contributed by atoms with Crippen LogP contribution in [-0.2, 0) is 16.1 Å². The number of amides is 3. The van der Waals surface area contributed by atoms with Crippen molar-refractivity contribution in [2.24, 2.45) is 0 Å². The molecule has 0 aliphatic carbocycles. The number of nitrogen functional groups attached to an aromatic ring is 1. The molecule has 146 valence electrons. The van der Waals surface area contributed by atoms with E-state index >= 15 is 0 Å². The van der Waals surface area contributed by atoms with Gasteiger partial charge in [0.2, 0.25) is 17.5 Å². The number of imide groups is 1. The van der Waals surface area contributed by atoms with Crippen LogP contribution in [0.4, 0.5) is 11.5 Å². The second kappa shape index (κ2) is 6.91. The smallest absolute Gasteiger partial charge is 0.255 e. The standard InChI is InChI=1S/C20H17N5O4/c1-22-13-8-15(29-2)17(24-18(13)21)10-3-4-12-11(7-10)9-25(20(12)28)14-5-6-16(26)23-19(14)27/h3-4,7-8,14H,5-6,9H2,2H3,(H2,21,24)(H,23,26,27). The Balaban J connectivity index is 1.68. The number of hydrogen-bond acceptors (Lipinski definition) is 6. The Morgan fingerprint density at radius 2 is 2.10 bits per heavy atom. The molecule has 9 nitrogen and oxygen atoms in total. The Kier molecular flexibility index (Phi) is 4.39. The van der Waals surface area contributed by atoms with Crippen LogP contribution in [0.25, 0.3) is 16.1 Å². The molecule has 1 aromatic heterocycles. The van der Waals surface area contributed by atoms with Crippen molar-refractivity contribution < 1.29 is 19.1 Å². The van der Waals surface area contributed by atoms with Gasteiger partial charge in [-0.05, 0) is 30.2 Å². The number of benzene rings is 1. The zero-order valence-electron chi connectivity index (χ0n) is 15.6. The lowest BCUT2D eigenvalue weighted by Crippen LogP contribution is -2.52. The van der Waals surface area contributed by atoms with Gasteiger partial charge in [-0.2, -0.15) is 0 Å². The number of fused-ring (bicyclic) bond motifs is 1. The Morgan fingerprint density at radius 1 is 1.31 bits per heavy atom. The van der Waals surface area contributed by atoms with Gasteiger partial charge >= 0.3 is 0 Å². The van der Waals surface area contributed by atoms with Gasteiger partial charge in [0.15, 0.2) is 0 Å². The summed E-state index contributed by atoms with van der Waals surface area (Å²) in [6.45, 7) is 7.41. The zero-order valence-corrected chi connectivity index (χ0v) is 15.6. The van der Waals surface area contributed by atoms with E-state index in [2.05, 4.69) is 15.1 Å². The SMILES string of the molecule is [C-]#[N+]c1cc(OC)c(-c2ccc3c(c2)CN(C2CCC(=O)NC2=O)C3=O)nc1N. The Labute approximate surface area is 166 Å². The molecule has 4 rings (SSSR count). The molecule has 0 saturated carbocycles. The highest BCUT2D eigenvalue weighted by atomic mass is 16.5. The first kappa shape index (κ1) is 18.4. The number of piperidine rings is 1. The van der Waals surface area contributed by atoms with Crippen LogP contribution in [0.2, 0.25) is 0 Å². The number of anilines is 1. The lowest BCUT2D eigenvalue weighted by Gasteiger charge is -2.29. The van der Waals surface area contributed by atoms with Crippen LogP contribution in [0.5, 0.6) is 5.75 Å². The Bertz CT molecular complexity index is 1100. The maximum Gasteiger partial charge on any atom is 0.255 e. The van der Waals surface area contributed by atoms with E-state index in [1.165, 1.54) is 18.1 Å². The third-order valence-electron chi connectivity index (χ3n) is 5.13. The normalized spacial score (nSPS) is 18.3. The van der Waals surface area contributed by atoms with Crippen LogP contribution in [0.15, 0.2) is 24.3 Å². The van der Waals surface area contributed by atoms with E-state index in [-0.39, 0.29) is 36.3 Å². The molecule has 1 unspecified atom stereocenters. The molecular weight excluding hydrogens is 374 g/mol. The number of nitrogens with two attached hydrogens (primary N) is 1. The molecule has 0 radical (unpaired) electrons. The molecule has 1 atom stereocenters. The van der Waals surface area contributed by atoms with Gasteiger partial charge in [-0.3, -0.25) is 19.7 Å². The summed E-state index contributed by atoms with van der Waals surface area (Å²) in [6, 6.07) is 6.07. The van der Waals surface area contributed by atoms with Gasteiger partial charge in [0, 0.05) is 24.1 Å². The number of nitrogens with one attached hydrogen (secondary N) is 1. The van der Waals surface area contributed by atoms with Crippen LogP contribution in [0.1, 0.15) is 28.8 Å². The predicted molar refractivity (Wildman–Crippen MR) is 103 cm³/mol. The maximum atomic E-state index is 12.8. The number of hydrogen-bond donors (Lipinski definition) is 2. The fourth-order valence-corrected chi connectivity index (χ4v) is 3.67. The van der Waals surface area contributed by atoms with E-state index in [9.17, 15) is 14.4 Å². The van der Waals surface area contributed by atoms with Crippen molar-refractivity contribution in [2.45, 2.75) is 25.4 Å². The lowest BCUT2D eigenvalue weighted by atomic mass is 10.0. The van der Waals surface area contributed by atoms with Crippen LogP contribution >= 0.6 is 0 Å². The fourth-order valence-electron chi connectivity index (χ4n) is 3.67. The highest BCUT2D eigenvalue weighted by Crippen LogP contribution is 2.37. The molecule has 2 aromatic rings. The number of nitrogens with zero attached hydrogens (tertiary/aromatic N) is 3. The molecule has 0 spiro atoms. The topological polar surface area (TPSA) is 119 Å². The van der Waals surface area contributed by atoms with Gasteiger partial charge < -0.3 is 15.4 Å². The van der Waals surface area contributed by atoms with Gasteiger partial charge in [-0.1, -0.05) is 6.07 Å². The summed E-state index contributed by atoms with van der Waals surface area (Å²) >= 11 is 0. The van der Waals surface area contributed by atoms with Crippen LogP contribution in [0, 0.1) is 6.57 Å². The largest absolute Gasteiger partial charge is 0.496 e. The number of rotatable bonds is 3. The Morgan fingerprint density at radius 3 is 2.79 bits per heavy atom. The average Bonchev–Trinajstić information content (AvgIpc) is 3.03. The average molecular weight is 391 g/mol. The summed E-state index contributed by atoms with van der Waals surface area (Å²) in [7, 11) is 1.48. The van der Waals surface area contributed by atoms with Crippen LogP contribution in [0.3, 0.4) is 0 Å². The number of methoxy groups -OCH3 is 1. The number of carbonyl (C=O) groups is 3. The maximum absolute atomic E-state index is 12.8. The number of carbonyl (C=O) groups excluding carboxylic acids is 3. The van der Waals surface area contributed by atoms with Crippen molar-refractivity contribution in [3.63, 3.8) is 0 Å². The number of ether oxygens (including phenoxy) is 1. The minimum atomic E-state index is -0.669. The van der Waals surface area contributed by atoms with E-state index in [0.29, 0.717) is 29.0 Å². The summed E-state index contributed by atoms with van der Waals surface area (Å²) in [5.41, 5.74) is 8.45. The molecule has 2 aliphatic rings. The third kappa shape index (κ3) is 3.04. The summed E-state index contributed by atoms with van der Waals surface area (Å²) in [5, 5.41) is 2.29. The first-order valence-corrected chi connectivity index (χ1v) is 8.93. The van der Waals surface area contributed by atoms with Gasteiger partial charge in [0.1, 0.15) is 23.3 Å². The quantitative estimate of drug-likeness (QED) is 0.607. The van der Waals surface area contributed by atoms with E-state index in [0.717, 1.165) is 5.56 Å². The molecule has 1 saturated heterocycles. The molecule has 2 aliphatic heterocycles. The molecule has 9 heteroatoms. The van der Waals surface area contributed by atoms with Crippen molar-refractivity contribution in [1.82, 2.24) is 15.2 Å². The predicted octanol–water partition coefficient (Wildman–Crippen LogP) is 1.65. The Hall–Kier alpha value is -3.93. The van der Waals surface area contributed by atoms with Gasteiger partial charge in [-0.15, -0.1) is 0 Å². The first-order valence-electron chi connectivity index (χ1n) is 8.93. The minimum absolute atomic E-state index is 0.0949. The van der Waals surface area contributed by atoms with Gasteiger partial charge in [-0.25, -0.2) is 9.83 Å². The van der Waals surface area contributed by atoms with Crippen molar-refractivity contribution in [3.8, 4) is 17.0 Å². The molecular formula is C20H17N5O4. The van der Waals surface area contributed by atoms with E-state index in [1.54, 1.807) is 18.2 Å². The minimum Gasteiger partial charge on any atom is -0.496 e. The van der Waals surface area contributed by atoms with Crippen LogP contribution < -0.4 is 15.8 Å². The lowest BCUT2D eigenvalue weighted by molar-refractivity contribution is -0.136. The fraction of sp³-hybridized carbons (Fsp3) is 0.250. The summed E-state index contributed by atoms with van der Waals surface area (Å²) in [4.78, 5) is 45.5. The molecule has 29 heavy (non-hydrogen) atoms. The van der Waals surface area contributed by atoms with E-state index in [1.807, 2.05) is 0 Å². The van der Waals surface area contributed by atoms with Crippen molar-refractivity contribution in [3.05, 3.63) is 46.8 Å². The van der Waals surface area contributed by atoms with Crippen molar-refractivity contribution >= 4 is 29.2 Å². The van der Waals surface area contributed by atoms with Crippen molar-refractivity contribution in [1.29, 1.82) is 0 Å². The molecule has 3 heterocycles. The zero-order chi connectivity index (χ0) is 20.7. The summed E-state index contributed by atoms with van der Waals surface area (Å²) in [6.07, 6.45) is 0.511. The second-order valence-electron chi connectivity index (χ2n) is 6.83. The highest BCUT2D eigenvalue weighted by Gasteiger charge is 2.39. The summed E-state index contributed by atoms with van der Waals surface area (Å²) in [5.74, 6) is -0.525. The number of aromatic nitrogens is 1. The molecule has 3 N–H and O–H groups in total. The van der Waals surface area contributed by atoms with Gasteiger partial charge in [0.05, 0.1) is 13.7 Å². The van der Waals surface area contributed by atoms with Crippen LogP contribution in [-0.4, -0.2) is 40.8 Å². The summed E-state index contributed by atoms with van der Waals surface area (Å²) < 4.78 is 5.35. The van der Waals surface area contributed by atoms with E-state index < -0.39 is 11.9 Å². The van der Waals surface area contributed by atoms with E-state index in [4.69, 9.17) is 17.0 Å². The molecule has 3 amide bonds.